The predicted octanol–water partition coefficient (Wildman–Crippen LogP) is 3.31. The molecule has 0 aliphatic heterocycles. The van der Waals surface area contributed by atoms with Gasteiger partial charge in [0.25, 0.3) is 0 Å². The van der Waals surface area contributed by atoms with Crippen molar-refractivity contribution in [2.45, 2.75) is 39.3 Å². The quantitative estimate of drug-likeness (QED) is 0.302. The fourth-order valence-electron chi connectivity index (χ4n) is 1.91. The fourth-order valence-corrected chi connectivity index (χ4v) is 1.91. The number of benzene rings is 1. The second-order valence-corrected chi connectivity index (χ2v) is 4.81. The zero-order valence-corrected chi connectivity index (χ0v) is 15.6. The van der Waals surface area contributed by atoms with Crippen molar-refractivity contribution in [3.05, 3.63) is 35.4 Å². The Balaban J connectivity index is 0.00000400. The Morgan fingerprint density at radius 2 is 1.76 bits per heavy atom. The number of nitrogens with one attached hydrogen (secondary N) is 2. The summed E-state index contributed by atoms with van der Waals surface area (Å²) in [5.41, 5.74) is 2.43. The van der Waals surface area contributed by atoms with Crippen molar-refractivity contribution in [1.29, 1.82) is 0 Å². The summed E-state index contributed by atoms with van der Waals surface area (Å²) < 4.78 is 5.10. The van der Waals surface area contributed by atoms with Crippen molar-refractivity contribution in [2.75, 3.05) is 20.7 Å². The van der Waals surface area contributed by atoms with Gasteiger partial charge in [0.15, 0.2) is 5.96 Å². The number of aliphatic imine (C=N–C) groups is 1. The van der Waals surface area contributed by atoms with Gasteiger partial charge in [0.2, 0.25) is 0 Å². The van der Waals surface area contributed by atoms with Crippen LogP contribution in [-0.2, 0) is 17.9 Å². The van der Waals surface area contributed by atoms with E-state index in [1.54, 1.807) is 14.2 Å². The van der Waals surface area contributed by atoms with Gasteiger partial charge in [0.05, 0.1) is 6.61 Å². The van der Waals surface area contributed by atoms with Gasteiger partial charge in [-0.15, -0.1) is 24.0 Å². The number of methoxy groups -OCH3 is 1. The number of nitrogens with zero attached hydrogens (tertiary/aromatic N) is 1. The normalized spacial score (nSPS) is 10.9. The molecule has 0 aliphatic carbocycles. The summed E-state index contributed by atoms with van der Waals surface area (Å²) >= 11 is 0. The maximum absolute atomic E-state index is 5.10. The highest BCUT2D eigenvalue weighted by Gasteiger charge is 1.98. The van der Waals surface area contributed by atoms with Crippen LogP contribution in [-0.4, -0.2) is 26.7 Å². The molecule has 0 unspecified atom stereocenters. The molecule has 4 nitrogen and oxygen atoms in total. The summed E-state index contributed by atoms with van der Waals surface area (Å²) in [6.45, 7) is 4.62. The monoisotopic (exact) mass is 405 g/mol. The number of hydrogen-bond acceptors (Lipinski definition) is 2. The van der Waals surface area contributed by atoms with Crippen LogP contribution in [0.3, 0.4) is 0 Å². The van der Waals surface area contributed by atoms with Gasteiger partial charge < -0.3 is 15.4 Å². The van der Waals surface area contributed by atoms with Crippen molar-refractivity contribution >= 4 is 29.9 Å². The third-order valence-corrected chi connectivity index (χ3v) is 3.09. The van der Waals surface area contributed by atoms with Crippen molar-refractivity contribution in [3.63, 3.8) is 0 Å². The Labute approximate surface area is 145 Å². The van der Waals surface area contributed by atoms with Crippen molar-refractivity contribution in [3.8, 4) is 0 Å². The summed E-state index contributed by atoms with van der Waals surface area (Å²) in [4.78, 5) is 4.22. The van der Waals surface area contributed by atoms with Gasteiger partial charge in [-0.05, 0) is 17.5 Å². The lowest BCUT2D eigenvalue weighted by Crippen LogP contribution is -2.37. The van der Waals surface area contributed by atoms with Gasteiger partial charge in [-0.1, -0.05) is 44.0 Å². The van der Waals surface area contributed by atoms with E-state index < -0.39 is 0 Å². The smallest absolute Gasteiger partial charge is 0.191 e. The molecule has 1 rings (SSSR count). The molecule has 5 heteroatoms. The van der Waals surface area contributed by atoms with Crippen LogP contribution in [0.4, 0.5) is 0 Å². The number of unbranched alkanes of at least 4 members (excludes halogenated alkanes) is 2. The molecule has 0 atom stereocenters. The third-order valence-electron chi connectivity index (χ3n) is 3.09. The van der Waals surface area contributed by atoms with Crippen LogP contribution in [0.15, 0.2) is 29.3 Å². The molecule has 0 fully saturated rings. The molecule has 2 N–H and O–H groups in total. The first-order valence-electron chi connectivity index (χ1n) is 7.31. The van der Waals surface area contributed by atoms with E-state index in [2.05, 4.69) is 46.8 Å². The minimum absolute atomic E-state index is 0. The Bertz CT molecular complexity index is 393. The van der Waals surface area contributed by atoms with Gasteiger partial charge in [-0.25, -0.2) is 0 Å². The number of ether oxygens (including phenoxy) is 1. The van der Waals surface area contributed by atoms with Crippen LogP contribution in [0.2, 0.25) is 0 Å². The summed E-state index contributed by atoms with van der Waals surface area (Å²) in [5, 5.41) is 6.65. The zero-order chi connectivity index (χ0) is 14.6. The van der Waals surface area contributed by atoms with E-state index in [1.165, 1.54) is 30.4 Å². The van der Waals surface area contributed by atoms with Crippen molar-refractivity contribution in [1.82, 2.24) is 10.6 Å². The van der Waals surface area contributed by atoms with Gasteiger partial charge in [-0.2, -0.15) is 0 Å². The number of guanidine groups is 1. The number of halogens is 1. The Hall–Kier alpha value is -0.820. The molecule has 0 saturated heterocycles. The minimum atomic E-state index is 0. The van der Waals surface area contributed by atoms with Crippen LogP contribution >= 0.6 is 24.0 Å². The van der Waals surface area contributed by atoms with Gasteiger partial charge in [0.1, 0.15) is 0 Å². The lowest BCUT2D eigenvalue weighted by Gasteiger charge is -2.12. The molecule has 1 aromatic rings. The van der Waals surface area contributed by atoms with Gasteiger partial charge in [0, 0.05) is 27.2 Å². The number of hydrogen-bond donors (Lipinski definition) is 2. The van der Waals surface area contributed by atoms with Crippen molar-refractivity contribution < 1.29 is 4.74 Å². The topological polar surface area (TPSA) is 45.7 Å². The Morgan fingerprint density at radius 3 is 2.33 bits per heavy atom. The summed E-state index contributed by atoms with van der Waals surface area (Å²) in [6.07, 6.45) is 3.68. The largest absolute Gasteiger partial charge is 0.380 e. The molecule has 0 heterocycles. The van der Waals surface area contributed by atoms with Gasteiger partial charge in [-0.3, -0.25) is 4.99 Å². The molecule has 21 heavy (non-hydrogen) atoms. The SMILES string of the molecule is CCCCCNC(=NC)NCc1ccc(COC)cc1.I. The van der Waals surface area contributed by atoms with E-state index in [-0.39, 0.29) is 24.0 Å². The first-order valence-corrected chi connectivity index (χ1v) is 7.31. The maximum Gasteiger partial charge on any atom is 0.191 e. The lowest BCUT2D eigenvalue weighted by molar-refractivity contribution is 0.185. The summed E-state index contributed by atoms with van der Waals surface area (Å²) in [7, 11) is 3.51. The van der Waals surface area contributed by atoms with Crippen molar-refractivity contribution in [2.24, 2.45) is 4.99 Å². The minimum Gasteiger partial charge on any atom is -0.380 e. The standard InChI is InChI=1S/C16H27N3O.HI/c1-4-5-6-11-18-16(17-2)19-12-14-7-9-15(10-8-14)13-20-3;/h7-10H,4-6,11-13H2,1-3H3,(H2,17,18,19);1H. The van der Waals surface area contributed by atoms with Crippen LogP contribution in [0.1, 0.15) is 37.3 Å². The average molecular weight is 405 g/mol. The van der Waals surface area contributed by atoms with Gasteiger partial charge >= 0.3 is 0 Å². The fraction of sp³-hybridized carbons (Fsp3) is 0.562. The number of rotatable bonds is 8. The van der Waals surface area contributed by atoms with E-state index in [4.69, 9.17) is 4.74 Å². The highest BCUT2D eigenvalue weighted by atomic mass is 127. The first-order chi connectivity index (χ1) is 9.80. The first kappa shape index (κ1) is 20.2. The second kappa shape index (κ2) is 12.9. The molecule has 0 bridgehead atoms. The highest BCUT2D eigenvalue weighted by molar-refractivity contribution is 14.0. The summed E-state index contributed by atoms with van der Waals surface area (Å²) in [6, 6.07) is 8.42. The average Bonchev–Trinajstić information content (AvgIpc) is 2.48. The molecule has 0 saturated carbocycles. The molecular weight excluding hydrogens is 377 g/mol. The maximum atomic E-state index is 5.10. The van der Waals surface area contributed by atoms with E-state index in [0.717, 1.165) is 19.0 Å². The Morgan fingerprint density at radius 1 is 1.10 bits per heavy atom. The van der Waals surface area contributed by atoms with E-state index in [1.807, 2.05) is 0 Å². The van der Waals surface area contributed by atoms with Crippen LogP contribution < -0.4 is 10.6 Å². The van der Waals surface area contributed by atoms with Crippen LogP contribution in [0.5, 0.6) is 0 Å². The molecule has 1 aromatic carbocycles. The second-order valence-electron chi connectivity index (χ2n) is 4.81. The predicted molar refractivity (Wildman–Crippen MR) is 100 cm³/mol. The highest BCUT2D eigenvalue weighted by Crippen LogP contribution is 2.05. The van der Waals surface area contributed by atoms with E-state index in [0.29, 0.717) is 6.61 Å². The lowest BCUT2D eigenvalue weighted by atomic mass is 10.1. The molecule has 0 radical (unpaired) electrons. The zero-order valence-electron chi connectivity index (χ0n) is 13.3. The van der Waals surface area contributed by atoms with Crippen LogP contribution in [0.25, 0.3) is 0 Å². The third kappa shape index (κ3) is 8.93. The molecule has 0 amide bonds. The van der Waals surface area contributed by atoms with E-state index in [9.17, 15) is 0 Å². The van der Waals surface area contributed by atoms with Crippen LogP contribution in [0, 0.1) is 0 Å². The molecule has 120 valence electrons. The summed E-state index contributed by atoms with van der Waals surface area (Å²) in [5.74, 6) is 0.863. The van der Waals surface area contributed by atoms with E-state index >= 15 is 0 Å². The Kier molecular flexibility index (Phi) is 12.4. The molecule has 0 spiro atoms. The molecule has 0 aliphatic rings. The molecule has 0 aromatic heterocycles. The molecular formula is C16H28IN3O.